The second kappa shape index (κ2) is 4.30. The Hall–Kier alpha value is -1.26. The van der Waals surface area contributed by atoms with Crippen molar-refractivity contribution >= 4 is 11.3 Å². The van der Waals surface area contributed by atoms with E-state index in [2.05, 4.69) is 9.97 Å². The van der Waals surface area contributed by atoms with Crippen LogP contribution < -0.4 is 5.73 Å². The quantitative estimate of drug-likeness (QED) is 0.829. The third kappa shape index (κ3) is 1.97. The van der Waals surface area contributed by atoms with Crippen LogP contribution in [0.3, 0.4) is 0 Å². The summed E-state index contributed by atoms with van der Waals surface area (Å²) in [6.07, 6.45) is 4.39. The fourth-order valence-corrected chi connectivity index (χ4v) is 1.87. The van der Waals surface area contributed by atoms with Crippen molar-refractivity contribution in [3.63, 3.8) is 0 Å². The van der Waals surface area contributed by atoms with Crippen LogP contribution in [-0.4, -0.2) is 16.5 Å². The Bertz CT molecular complexity index is 380. The number of nitrogens with two attached hydrogens (primary N) is 1. The predicted molar refractivity (Wildman–Crippen MR) is 58.1 cm³/mol. The fraction of sp³-hybridized carbons (Fsp3) is 0.200. The number of hydrogen-bond donors (Lipinski definition) is 1. The van der Waals surface area contributed by atoms with E-state index in [0.717, 1.165) is 22.7 Å². The summed E-state index contributed by atoms with van der Waals surface area (Å²) in [6.45, 7) is 0.618. The van der Waals surface area contributed by atoms with Crippen LogP contribution >= 0.6 is 11.3 Å². The Labute approximate surface area is 86.6 Å². The molecule has 0 spiro atoms. The predicted octanol–water partition coefficient (Wildman–Crippen LogP) is 1.71. The molecule has 0 saturated carbocycles. The monoisotopic (exact) mass is 205 g/mol. The van der Waals surface area contributed by atoms with Crippen molar-refractivity contribution in [1.29, 1.82) is 0 Å². The molecule has 0 aliphatic carbocycles. The van der Waals surface area contributed by atoms with E-state index in [9.17, 15) is 0 Å². The van der Waals surface area contributed by atoms with Gasteiger partial charge in [0.05, 0.1) is 22.5 Å². The lowest BCUT2D eigenvalue weighted by Gasteiger charge is -1.98. The maximum Gasteiger partial charge on any atom is 0.0985 e. The molecule has 2 N–H and O–H groups in total. The molecule has 2 aromatic heterocycles. The van der Waals surface area contributed by atoms with Gasteiger partial charge in [-0.3, -0.25) is 9.97 Å². The van der Waals surface area contributed by atoms with Crippen LogP contribution in [0.5, 0.6) is 0 Å². The summed E-state index contributed by atoms with van der Waals surface area (Å²) in [5.41, 5.74) is 7.31. The molecule has 0 aliphatic rings. The van der Waals surface area contributed by atoms with Crippen LogP contribution in [0.1, 0.15) is 5.69 Å². The number of aromatic nitrogens is 2. The molecule has 0 atom stereocenters. The molecule has 2 rings (SSSR count). The van der Waals surface area contributed by atoms with Gasteiger partial charge in [0, 0.05) is 12.6 Å². The minimum Gasteiger partial charge on any atom is -0.330 e. The third-order valence-corrected chi connectivity index (χ3v) is 2.77. The molecule has 0 saturated heterocycles. The van der Waals surface area contributed by atoms with Crippen molar-refractivity contribution in [1.82, 2.24) is 9.97 Å². The van der Waals surface area contributed by atoms with Gasteiger partial charge in [-0.25, -0.2) is 0 Å². The van der Waals surface area contributed by atoms with E-state index >= 15 is 0 Å². The van der Waals surface area contributed by atoms with Crippen LogP contribution in [0.25, 0.3) is 10.6 Å². The van der Waals surface area contributed by atoms with Crippen LogP contribution in [0, 0.1) is 0 Å². The lowest BCUT2D eigenvalue weighted by atomic mass is 10.3. The molecule has 72 valence electrons. The summed E-state index contributed by atoms with van der Waals surface area (Å²) in [5, 5.41) is 2.03. The van der Waals surface area contributed by atoms with Gasteiger partial charge in [0.15, 0.2) is 0 Å². The summed E-state index contributed by atoms with van der Waals surface area (Å²) in [5.74, 6) is 0. The zero-order valence-corrected chi connectivity index (χ0v) is 8.50. The molecule has 0 aliphatic heterocycles. The number of thiophene rings is 1. The van der Waals surface area contributed by atoms with Crippen LogP contribution in [0.2, 0.25) is 0 Å². The summed E-state index contributed by atoms with van der Waals surface area (Å²) in [6, 6.07) is 4.05. The lowest BCUT2D eigenvalue weighted by Crippen LogP contribution is -2.04. The minimum atomic E-state index is 0.618. The van der Waals surface area contributed by atoms with Crippen LogP contribution in [-0.2, 0) is 6.42 Å². The molecular formula is C10H11N3S. The zero-order chi connectivity index (χ0) is 9.80. The van der Waals surface area contributed by atoms with E-state index in [1.807, 2.05) is 17.5 Å². The first-order valence-electron chi connectivity index (χ1n) is 4.45. The molecule has 4 heteroatoms. The first-order chi connectivity index (χ1) is 6.90. The number of nitrogens with zero attached hydrogens (tertiary/aromatic N) is 2. The molecule has 2 aromatic rings. The molecule has 2 heterocycles. The molecule has 0 fully saturated rings. The van der Waals surface area contributed by atoms with Crippen LogP contribution in [0.4, 0.5) is 0 Å². The second-order valence-electron chi connectivity index (χ2n) is 2.91. The van der Waals surface area contributed by atoms with Gasteiger partial charge in [0.2, 0.25) is 0 Å². The number of rotatable bonds is 3. The number of hydrogen-bond acceptors (Lipinski definition) is 4. The molecule has 0 bridgehead atoms. The summed E-state index contributed by atoms with van der Waals surface area (Å²) in [7, 11) is 0. The zero-order valence-electron chi connectivity index (χ0n) is 7.68. The molecule has 0 aromatic carbocycles. The average Bonchev–Trinajstić information content (AvgIpc) is 2.72. The van der Waals surface area contributed by atoms with E-state index in [1.165, 1.54) is 0 Å². The third-order valence-electron chi connectivity index (χ3n) is 1.88. The fourth-order valence-electron chi connectivity index (χ4n) is 1.18. The first-order valence-corrected chi connectivity index (χ1v) is 5.33. The molecule has 0 unspecified atom stereocenters. The van der Waals surface area contributed by atoms with E-state index in [4.69, 9.17) is 5.73 Å². The summed E-state index contributed by atoms with van der Waals surface area (Å²) in [4.78, 5) is 9.77. The van der Waals surface area contributed by atoms with Crippen molar-refractivity contribution in [2.24, 2.45) is 5.73 Å². The van der Waals surface area contributed by atoms with E-state index in [-0.39, 0.29) is 0 Å². The van der Waals surface area contributed by atoms with Crippen molar-refractivity contribution in [3.05, 3.63) is 35.6 Å². The van der Waals surface area contributed by atoms with Gasteiger partial charge in [-0.2, -0.15) is 0 Å². The SMILES string of the molecule is NCCc1cnc(-c2cccs2)cn1. The summed E-state index contributed by atoms with van der Waals surface area (Å²) >= 11 is 1.67. The van der Waals surface area contributed by atoms with Crippen molar-refractivity contribution < 1.29 is 0 Å². The Morgan fingerprint density at radius 2 is 2.21 bits per heavy atom. The van der Waals surface area contributed by atoms with E-state index in [0.29, 0.717) is 6.54 Å². The maximum atomic E-state index is 5.43. The first kappa shape index (κ1) is 9.30. The van der Waals surface area contributed by atoms with Gasteiger partial charge in [-0.05, 0) is 18.0 Å². The maximum absolute atomic E-state index is 5.43. The molecular weight excluding hydrogens is 194 g/mol. The Kier molecular flexibility index (Phi) is 2.86. The Morgan fingerprint density at radius 3 is 2.79 bits per heavy atom. The van der Waals surface area contributed by atoms with Gasteiger partial charge in [-0.15, -0.1) is 11.3 Å². The Balaban J connectivity index is 2.22. The Morgan fingerprint density at radius 1 is 1.29 bits per heavy atom. The standard InChI is InChI=1S/C10H11N3S/c11-4-3-8-6-13-9(7-12-8)10-2-1-5-14-10/h1-2,5-7H,3-4,11H2. The highest BCUT2D eigenvalue weighted by atomic mass is 32.1. The van der Waals surface area contributed by atoms with Crippen molar-refractivity contribution in [2.45, 2.75) is 6.42 Å². The van der Waals surface area contributed by atoms with Gasteiger partial charge in [-0.1, -0.05) is 6.07 Å². The molecule has 14 heavy (non-hydrogen) atoms. The lowest BCUT2D eigenvalue weighted by molar-refractivity contribution is 0.910. The highest BCUT2D eigenvalue weighted by Crippen LogP contribution is 2.21. The molecule has 0 radical (unpaired) electrons. The highest BCUT2D eigenvalue weighted by Gasteiger charge is 2.00. The normalized spacial score (nSPS) is 10.4. The second-order valence-corrected chi connectivity index (χ2v) is 3.86. The van der Waals surface area contributed by atoms with E-state index in [1.54, 1.807) is 23.7 Å². The van der Waals surface area contributed by atoms with Gasteiger partial charge in [0.1, 0.15) is 0 Å². The largest absolute Gasteiger partial charge is 0.330 e. The minimum absolute atomic E-state index is 0.618. The van der Waals surface area contributed by atoms with Gasteiger partial charge < -0.3 is 5.73 Å². The average molecular weight is 205 g/mol. The smallest absolute Gasteiger partial charge is 0.0985 e. The van der Waals surface area contributed by atoms with Crippen LogP contribution in [0.15, 0.2) is 29.9 Å². The molecule has 0 amide bonds. The molecule has 3 nitrogen and oxygen atoms in total. The van der Waals surface area contributed by atoms with E-state index < -0.39 is 0 Å². The van der Waals surface area contributed by atoms with Crippen molar-refractivity contribution in [3.8, 4) is 10.6 Å². The highest BCUT2D eigenvalue weighted by molar-refractivity contribution is 7.13. The summed E-state index contributed by atoms with van der Waals surface area (Å²) < 4.78 is 0. The topological polar surface area (TPSA) is 51.8 Å². The van der Waals surface area contributed by atoms with Gasteiger partial charge >= 0.3 is 0 Å². The van der Waals surface area contributed by atoms with Gasteiger partial charge in [0.25, 0.3) is 0 Å². The van der Waals surface area contributed by atoms with Crippen molar-refractivity contribution in [2.75, 3.05) is 6.54 Å².